The Balaban J connectivity index is 2.72. The summed E-state index contributed by atoms with van der Waals surface area (Å²) >= 11 is 0. The number of aldehydes is 1. The number of hydrogen-bond acceptors (Lipinski definition) is 1. The van der Waals surface area contributed by atoms with E-state index in [0.717, 1.165) is 6.29 Å². The van der Waals surface area contributed by atoms with E-state index in [0.29, 0.717) is 13.0 Å². The normalized spacial score (nSPS) is 6.50. The molecule has 0 heterocycles. The van der Waals surface area contributed by atoms with Gasteiger partial charge in [-0.15, -0.1) is 0 Å². The van der Waals surface area contributed by atoms with Gasteiger partial charge in [0.2, 0.25) is 6.54 Å². The number of hydrogen-bond donors (Lipinski definition) is 0. The van der Waals surface area contributed by atoms with E-state index in [-0.39, 0.29) is 0 Å². The molecule has 0 fully saturated rings. The molecule has 0 bridgehead atoms. The van der Waals surface area contributed by atoms with Crippen LogP contribution in [0, 0.1) is 6.57 Å². The van der Waals surface area contributed by atoms with Gasteiger partial charge in [0.25, 0.3) is 0 Å². The third kappa shape index (κ3) is 3.16. The first-order valence-electron chi connectivity index (χ1n) is 1.68. The zero-order valence-electron chi connectivity index (χ0n) is 3.35. The highest BCUT2D eigenvalue weighted by atomic mass is 16.1. The van der Waals surface area contributed by atoms with Crippen LogP contribution in [0.5, 0.6) is 0 Å². The molecule has 0 saturated carbocycles. The van der Waals surface area contributed by atoms with Gasteiger partial charge < -0.3 is 9.64 Å². The molecule has 0 aromatic rings. The van der Waals surface area contributed by atoms with Crippen molar-refractivity contribution >= 4 is 6.29 Å². The molecule has 0 aliphatic carbocycles. The van der Waals surface area contributed by atoms with Gasteiger partial charge in [-0.1, -0.05) is 0 Å². The molecule has 0 spiro atoms. The van der Waals surface area contributed by atoms with Crippen molar-refractivity contribution in [2.45, 2.75) is 6.42 Å². The van der Waals surface area contributed by atoms with E-state index >= 15 is 0 Å². The largest absolute Gasteiger partial charge is 0.316 e. The Bertz CT molecular complexity index is 72.1. The van der Waals surface area contributed by atoms with E-state index in [2.05, 4.69) is 4.85 Å². The summed E-state index contributed by atoms with van der Waals surface area (Å²) in [6.07, 6.45) is 1.13. The smallest absolute Gasteiger partial charge is 0.221 e. The van der Waals surface area contributed by atoms with Gasteiger partial charge in [-0.25, -0.2) is 6.57 Å². The number of carbonyl (C=O) groups is 1. The van der Waals surface area contributed by atoms with Crippen LogP contribution in [0.2, 0.25) is 0 Å². The highest BCUT2D eigenvalue weighted by Crippen LogP contribution is 1.69. The number of nitrogens with zero attached hydrogens (tertiary/aromatic N) is 1. The average Bonchev–Trinajstić information content (AvgIpc) is 1.61. The zero-order chi connectivity index (χ0) is 4.83. The van der Waals surface area contributed by atoms with Crippen LogP contribution in [-0.2, 0) is 4.79 Å². The Kier molecular flexibility index (Phi) is 3.58. The third-order valence-electron chi connectivity index (χ3n) is 0.359. The second kappa shape index (κ2) is 4.16. The first kappa shape index (κ1) is 5.16. The van der Waals surface area contributed by atoms with Crippen molar-refractivity contribution in [1.82, 2.24) is 0 Å². The minimum atomic E-state index is 0.337. The van der Waals surface area contributed by atoms with E-state index in [1.165, 1.54) is 0 Å². The summed E-state index contributed by atoms with van der Waals surface area (Å²) < 4.78 is 0. The van der Waals surface area contributed by atoms with Gasteiger partial charge in [-0.2, -0.15) is 0 Å². The molecular formula is C4H5NO. The molecule has 0 amide bonds. The van der Waals surface area contributed by atoms with Gasteiger partial charge in [-0.05, 0) is 0 Å². The Labute approximate surface area is 36.6 Å². The van der Waals surface area contributed by atoms with Crippen LogP contribution in [0.3, 0.4) is 0 Å². The van der Waals surface area contributed by atoms with Gasteiger partial charge in [-0.3, -0.25) is 0 Å². The Hall–Kier alpha value is -0.840. The van der Waals surface area contributed by atoms with E-state index in [1.54, 1.807) is 0 Å². The molecule has 0 N–H and O–H groups in total. The molecule has 32 valence electrons. The highest BCUT2D eigenvalue weighted by molar-refractivity contribution is 5.49. The number of carbonyl (C=O) groups excluding carboxylic acids is 1. The zero-order valence-corrected chi connectivity index (χ0v) is 3.35. The van der Waals surface area contributed by atoms with Crippen molar-refractivity contribution in [3.63, 3.8) is 0 Å². The minimum Gasteiger partial charge on any atom is -0.316 e. The summed E-state index contributed by atoms with van der Waals surface area (Å²) in [5.41, 5.74) is 0. The molecule has 0 aliphatic rings. The fraction of sp³-hybridized carbons (Fsp3) is 0.500. The lowest BCUT2D eigenvalue weighted by Crippen LogP contribution is -1.74. The van der Waals surface area contributed by atoms with E-state index in [1.807, 2.05) is 0 Å². The molecule has 0 saturated heterocycles. The lowest BCUT2D eigenvalue weighted by molar-refractivity contribution is -0.107. The molecule has 0 atom stereocenters. The monoisotopic (exact) mass is 83.0 g/mol. The Morgan fingerprint density at radius 3 is 2.67 bits per heavy atom. The third-order valence-corrected chi connectivity index (χ3v) is 0.359. The van der Waals surface area contributed by atoms with E-state index < -0.39 is 0 Å². The van der Waals surface area contributed by atoms with Crippen LogP contribution >= 0.6 is 0 Å². The van der Waals surface area contributed by atoms with Crippen molar-refractivity contribution in [3.8, 4) is 0 Å². The SMILES string of the molecule is [C-]#[N+]CCC=O. The summed E-state index contributed by atoms with van der Waals surface area (Å²) in [6.45, 7) is 6.51. The Morgan fingerprint density at radius 1 is 1.83 bits per heavy atom. The fourth-order valence-electron chi connectivity index (χ4n) is 0.117. The molecule has 0 aromatic heterocycles. The van der Waals surface area contributed by atoms with Crippen molar-refractivity contribution in [3.05, 3.63) is 11.4 Å². The van der Waals surface area contributed by atoms with Gasteiger partial charge in [0.05, 0.1) is 6.42 Å². The van der Waals surface area contributed by atoms with Gasteiger partial charge in [0.1, 0.15) is 6.29 Å². The van der Waals surface area contributed by atoms with Crippen molar-refractivity contribution in [1.29, 1.82) is 0 Å². The van der Waals surface area contributed by atoms with Crippen LogP contribution < -0.4 is 0 Å². The van der Waals surface area contributed by atoms with Gasteiger partial charge in [0.15, 0.2) is 0 Å². The first-order valence-corrected chi connectivity index (χ1v) is 1.68. The summed E-state index contributed by atoms with van der Waals surface area (Å²) in [6, 6.07) is 0. The molecule has 0 radical (unpaired) electrons. The van der Waals surface area contributed by atoms with Crippen LogP contribution in [-0.4, -0.2) is 12.8 Å². The second-order valence-electron chi connectivity index (χ2n) is 0.837. The standard InChI is InChI=1S/C4H5NO/c1-5-3-2-4-6/h4H,2-3H2. The fourth-order valence-corrected chi connectivity index (χ4v) is 0.117. The molecule has 2 heteroatoms. The topological polar surface area (TPSA) is 21.4 Å². The summed E-state index contributed by atoms with van der Waals surface area (Å²) in [5.74, 6) is 0. The van der Waals surface area contributed by atoms with Crippen LogP contribution in [0.1, 0.15) is 6.42 Å². The van der Waals surface area contributed by atoms with Crippen LogP contribution in [0.15, 0.2) is 0 Å². The van der Waals surface area contributed by atoms with Gasteiger partial charge in [0, 0.05) is 0 Å². The maximum atomic E-state index is 9.42. The molecule has 0 aliphatic heterocycles. The maximum absolute atomic E-state index is 9.42. The lowest BCUT2D eigenvalue weighted by Gasteiger charge is -1.66. The number of rotatable bonds is 2. The average molecular weight is 83.1 g/mol. The van der Waals surface area contributed by atoms with Crippen LogP contribution in [0.25, 0.3) is 4.85 Å². The predicted molar refractivity (Wildman–Crippen MR) is 22.1 cm³/mol. The molecule has 0 rings (SSSR count). The Morgan fingerprint density at radius 2 is 2.50 bits per heavy atom. The van der Waals surface area contributed by atoms with Crippen molar-refractivity contribution in [2.75, 3.05) is 6.54 Å². The van der Waals surface area contributed by atoms with Gasteiger partial charge >= 0.3 is 0 Å². The summed E-state index contributed by atoms with van der Waals surface area (Å²) in [5, 5.41) is 0. The maximum Gasteiger partial charge on any atom is 0.221 e. The summed E-state index contributed by atoms with van der Waals surface area (Å²) in [7, 11) is 0. The highest BCUT2D eigenvalue weighted by Gasteiger charge is 1.77. The molecule has 0 aromatic carbocycles. The first-order chi connectivity index (χ1) is 2.91. The van der Waals surface area contributed by atoms with E-state index in [4.69, 9.17) is 6.57 Å². The van der Waals surface area contributed by atoms with Crippen molar-refractivity contribution in [2.24, 2.45) is 0 Å². The molecular weight excluding hydrogens is 78.0 g/mol. The van der Waals surface area contributed by atoms with Crippen LogP contribution in [0.4, 0.5) is 0 Å². The molecule has 2 nitrogen and oxygen atoms in total. The van der Waals surface area contributed by atoms with E-state index in [9.17, 15) is 4.79 Å². The molecule has 0 unspecified atom stereocenters. The molecule has 6 heavy (non-hydrogen) atoms. The summed E-state index contributed by atoms with van der Waals surface area (Å²) in [4.78, 5) is 12.4. The lowest BCUT2D eigenvalue weighted by atomic mass is 10.5. The minimum absolute atomic E-state index is 0.337. The quantitative estimate of drug-likeness (QED) is 0.270. The predicted octanol–water partition coefficient (Wildman–Crippen LogP) is 0.495. The van der Waals surface area contributed by atoms with Crippen molar-refractivity contribution < 1.29 is 4.79 Å². The second-order valence-corrected chi connectivity index (χ2v) is 0.837.